The van der Waals surface area contributed by atoms with Crippen molar-refractivity contribution in [3.05, 3.63) is 24.0 Å². The van der Waals surface area contributed by atoms with E-state index in [1.54, 1.807) is 6.07 Å². The second kappa shape index (κ2) is 4.35. The average Bonchev–Trinajstić information content (AvgIpc) is 2.51. The molecule has 0 radical (unpaired) electrons. The molecule has 1 aromatic heterocycles. The van der Waals surface area contributed by atoms with Crippen LogP contribution in [0.5, 0.6) is 0 Å². The summed E-state index contributed by atoms with van der Waals surface area (Å²) in [6, 6.07) is 4.88. The van der Waals surface area contributed by atoms with Crippen molar-refractivity contribution in [2.24, 2.45) is 5.92 Å². The number of anilines is 1. The Labute approximate surface area is 100 Å². The Balaban J connectivity index is 2.49. The Kier molecular flexibility index (Phi) is 3.05. The van der Waals surface area contributed by atoms with Crippen molar-refractivity contribution in [2.45, 2.75) is 33.2 Å². The van der Waals surface area contributed by atoms with Gasteiger partial charge in [-0.1, -0.05) is 13.8 Å². The van der Waals surface area contributed by atoms with Crippen LogP contribution in [0.4, 0.5) is 10.3 Å². The lowest BCUT2D eigenvalue weighted by atomic mass is 10.1. The highest BCUT2D eigenvalue weighted by atomic mass is 19.1. The maximum absolute atomic E-state index is 13.1. The minimum atomic E-state index is -0.279. The van der Waals surface area contributed by atoms with Crippen LogP contribution in [-0.2, 0) is 0 Å². The summed E-state index contributed by atoms with van der Waals surface area (Å²) in [5.41, 5.74) is 7.43. The monoisotopic (exact) mass is 235 g/mol. The predicted molar refractivity (Wildman–Crippen MR) is 68.3 cm³/mol. The van der Waals surface area contributed by atoms with Crippen LogP contribution in [0.2, 0.25) is 0 Å². The van der Waals surface area contributed by atoms with E-state index in [4.69, 9.17) is 5.73 Å². The second-order valence-electron chi connectivity index (χ2n) is 4.95. The van der Waals surface area contributed by atoms with Crippen molar-refractivity contribution in [3.8, 4) is 0 Å². The zero-order valence-corrected chi connectivity index (χ0v) is 10.4. The Morgan fingerprint density at radius 3 is 2.71 bits per heavy atom. The van der Waals surface area contributed by atoms with E-state index in [2.05, 4.69) is 25.8 Å². The van der Waals surface area contributed by atoms with Crippen LogP contribution in [0, 0.1) is 11.7 Å². The van der Waals surface area contributed by atoms with E-state index in [9.17, 15) is 4.39 Å². The van der Waals surface area contributed by atoms with Gasteiger partial charge in [0.15, 0.2) is 0 Å². The smallest absolute Gasteiger partial charge is 0.201 e. The number of aromatic nitrogens is 2. The third-order valence-electron chi connectivity index (χ3n) is 2.93. The fraction of sp³-hybridized carbons (Fsp3) is 0.462. The van der Waals surface area contributed by atoms with Crippen molar-refractivity contribution in [2.75, 3.05) is 5.73 Å². The largest absolute Gasteiger partial charge is 0.369 e. The summed E-state index contributed by atoms with van der Waals surface area (Å²) in [6.07, 6.45) is 1.02. The number of hydrogen-bond donors (Lipinski definition) is 1. The Hall–Kier alpha value is -1.58. The minimum Gasteiger partial charge on any atom is -0.369 e. The molecule has 0 fully saturated rings. The molecule has 1 atom stereocenters. The Bertz CT molecular complexity index is 531. The molecule has 2 rings (SSSR count). The highest BCUT2D eigenvalue weighted by Crippen LogP contribution is 2.26. The molecular weight excluding hydrogens is 217 g/mol. The summed E-state index contributed by atoms with van der Waals surface area (Å²) in [6.45, 7) is 6.46. The molecule has 2 aromatic rings. The number of nitrogen functional groups attached to an aromatic ring is 1. The van der Waals surface area contributed by atoms with E-state index in [0.29, 0.717) is 17.4 Å². The molecule has 0 amide bonds. The fourth-order valence-corrected chi connectivity index (χ4v) is 2.34. The number of rotatable bonds is 3. The summed E-state index contributed by atoms with van der Waals surface area (Å²) in [5.74, 6) is 0.764. The lowest BCUT2D eigenvalue weighted by molar-refractivity contribution is 0.439. The first kappa shape index (κ1) is 11.9. The quantitative estimate of drug-likeness (QED) is 0.886. The van der Waals surface area contributed by atoms with E-state index < -0.39 is 0 Å². The van der Waals surface area contributed by atoms with E-state index in [1.165, 1.54) is 12.1 Å². The molecular formula is C13H18FN3. The van der Waals surface area contributed by atoms with E-state index in [0.717, 1.165) is 11.9 Å². The normalized spacial score (nSPS) is 13.5. The van der Waals surface area contributed by atoms with Gasteiger partial charge in [-0.2, -0.15) is 0 Å². The van der Waals surface area contributed by atoms with Crippen molar-refractivity contribution in [1.29, 1.82) is 0 Å². The first-order chi connectivity index (χ1) is 7.99. The van der Waals surface area contributed by atoms with Crippen molar-refractivity contribution < 1.29 is 4.39 Å². The van der Waals surface area contributed by atoms with Gasteiger partial charge in [-0.15, -0.1) is 0 Å². The Morgan fingerprint density at radius 2 is 2.06 bits per heavy atom. The SMILES string of the molecule is CC(C)CC(C)n1c(N)nc2cc(F)ccc21. The molecule has 0 spiro atoms. The summed E-state index contributed by atoms with van der Waals surface area (Å²) < 4.78 is 15.1. The van der Waals surface area contributed by atoms with Gasteiger partial charge in [0.05, 0.1) is 11.0 Å². The zero-order chi connectivity index (χ0) is 12.6. The lowest BCUT2D eigenvalue weighted by Gasteiger charge is -2.17. The van der Waals surface area contributed by atoms with E-state index in [-0.39, 0.29) is 11.9 Å². The zero-order valence-electron chi connectivity index (χ0n) is 10.4. The average molecular weight is 235 g/mol. The number of fused-ring (bicyclic) bond motifs is 1. The third kappa shape index (κ3) is 2.25. The second-order valence-corrected chi connectivity index (χ2v) is 4.95. The maximum atomic E-state index is 13.1. The van der Waals surface area contributed by atoms with Crippen molar-refractivity contribution in [1.82, 2.24) is 9.55 Å². The summed E-state index contributed by atoms with van der Waals surface area (Å²) in [5, 5.41) is 0. The maximum Gasteiger partial charge on any atom is 0.201 e. The summed E-state index contributed by atoms with van der Waals surface area (Å²) in [7, 11) is 0. The van der Waals surface area contributed by atoms with Gasteiger partial charge in [-0.25, -0.2) is 9.37 Å². The van der Waals surface area contributed by atoms with Gasteiger partial charge in [0, 0.05) is 12.1 Å². The van der Waals surface area contributed by atoms with Crippen LogP contribution in [0.3, 0.4) is 0 Å². The molecule has 0 saturated heterocycles. The van der Waals surface area contributed by atoms with Crippen LogP contribution in [0.1, 0.15) is 33.2 Å². The lowest BCUT2D eigenvalue weighted by Crippen LogP contribution is -2.11. The van der Waals surface area contributed by atoms with Crippen LogP contribution >= 0.6 is 0 Å². The van der Waals surface area contributed by atoms with Crippen molar-refractivity contribution in [3.63, 3.8) is 0 Å². The third-order valence-corrected chi connectivity index (χ3v) is 2.93. The fourth-order valence-electron chi connectivity index (χ4n) is 2.34. The molecule has 0 saturated carbocycles. The highest BCUT2D eigenvalue weighted by Gasteiger charge is 2.15. The van der Waals surface area contributed by atoms with Gasteiger partial charge in [-0.3, -0.25) is 0 Å². The molecule has 1 aromatic carbocycles. The van der Waals surface area contributed by atoms with Gasteiger partial charge >= 0.3 is 0 Å². The first-order valence-corrected chi connectivity index (χ1v) is 5.92. The summed E-state index contributed by atoms with van der Waals surface area (Å²) in [4.78, 5) is 4.20. The molecule has 3 nitrogen and oxygen atoms in total. The number of benzene rings is 1. The number of hydrogen-bond acceptors (Lipinski definition) is 2. The topological polar surface area (TPSA) is 43.8 Å². The Morgan fingerprint density at radius 1 is 1.35 bits per heavy atom. The number of nitrogens with zero attached hydrogens (tertiary/aromatic N) is 2. The summed E-state index contributed by atoms with van der Waals surface area (Å²) >= 11 is 0. The van der Waals surface area contributed by atoms with Gasteiger partial charge < -0.3 is 10.3 Å². The standard InChI is InChI=1S/C13H18FN3/c1-8(2)6-9(3)17-12-5-4-10(14)7-11(12)16-13(17)15/h4-5,7-9H,6H2,1-3H3,(H2,15,16). The number of imidazole rings is 1. The minimum absolute atomic E-state index is 0.269. The van der Waals surface area contributed by atoms with E-state index >= 15 is 0 Å². The van der Waals surface area contributed by atoms with Crippen molar-refractivity contribution >= 4 is 17.0 Å². The molecule has 0 aliphatic rings. The van der Waals surface area contributed by atoms with Gasteiger partial charge in [-0.05, 0) is 31.4 Å². The predicted octanol–water partition coefficient (Wildman–Crippen LogP) is 3.36. The van der Waals surface area contributed by atoms with Crippen LogP contribution < -0.4 is 5.73 Å². The molecule has 1 unspecified atom stereocenters. The van der Waals surface area contributed by atoms with Crippen LogP contribution in [0.15, 0.2) is 18.2 Å². The van der Waals surface area contributed by atoms with Crippen LogP contribution in [0.25, 0.3) is 11.0 Å². The molecule has 92 valence electrons. The molecule has 0 bridgehead atoms. The number of halogens is 1. The first-order valence-electron chi connectivity index (χ1n) is 5.92. The van der Waals surface area contributed by atoms with Gasteiger partial charge in [0.25, 0.3) is 0 Å². The molecule has 0 aliphatic heterocycles. The molecule has 0 aliphatic carbocycles. The molecule has 4 heteroatoms. The number of nitrogens with two attached hydrogens (primary N) is 1. The molecule has 1 heterocycles. The molecule has 2 N–H and O–H groups in total. The van der Waals surface area contributed by atoms with Crippen LogP contribution in [-0.4, -0.2) is 9.55 Å². The van der Waals surface area contributed by atoms with Gasteiger partial charge in [0.2, 0.25) is 5.95 Å². The van der Waals surface area contributed by atoms with Gasteiger partial charge in [0.1, 0.15) is 5.82 Å². The highest BCUT2D eigenvalue weighted by molar-refractivity contribution is 5.78. The van der Waals surface area contributed by atoms with E-state index in [1.807, 2.05) is 4.57 Å². The molecule has 17 heavy (non-hydrogen) atoms.